The number of nitrogens with zero attached hydrogens (tertiary/aromatic N) is 2. The number of aromatic nitrogens is 2. The van der Waals surface area contributed by atoms with Crippen LogP contribution in [0.5, 0.6) is 0 Å². The van der Waals surface area contributed by atoms with Gasteiger partial charge in [-0.2, -0.15) is 8.78 Å². The Hall–Kier alpha value is -1.55. The minimum Gasteiger partial charge on any atom is -0.235 e. The fraction of sp³-hybridized carbons (Fsp3) is 0.231. The van der Waals surface area contributed by atoms with Crippen LogP contribution in [0.15, 0.2) is 30.5 Å². The summed E-state index contributed by atoms with van der Waals surface area (Å²) < 4.78 is 26.2. The fourth-order valence-corrected chi connectivity index (χ4v) is 1.86. The van der Waals surface area contributed by atoms with Crippen molar-refractivity contribution in [2.75, 3.05) is 0 Å². The van der Waals surface area contributed by atoms with Gasteiger partial charge in [0.05, 0.1) is 0 Å². The molecule has 0 fully saturated rings. The molecule has 0 aliphatic rings. The summed E-state index contributed by atoms with van der Waals surface area (Å²) in [7, 11) is 0. The molecule has 2 nitrogen and oxygen atoms in total. The van der Waals surface area contributed by atoms with Gasteiger partial charge in [-0.15, -0.1) is 0 Å². The second-order valence-corrected chi connectivity index (χ2v) is 4.47. The second kappa shape index (κ2) is 4.61. The normalized spacial score (nSPS) is 11.6. The summed E-state index contributed by atoms with van der Waals surface area (Å²) in [4.78, 5) is 7.55. The summed E-state index contributed by atoms with van der Waals surface area (Å²) in [6, 6.07) is 7.16. The third kappa shape index (κ3) is 2.48. The fourth-order valence-electron chi connectivity index (χ4n) is 1.62. The molecule has 0 N–H and O–H groups in total. The zero-order chi connectivity index (χ0) is 13.3. The molecule has 0 unspecified atom stereocenters. The molecule has 1 heterocycles. The molecule has 0 radical (unpaired) electrons. The molecule has 0 aliphatic heterocycles. The van der Waals surface area contributed by atoms with Gasteiger partial charge in [-0.05, 0) is 13.0 Å². The lowest BCUT2D eigenvalue weighted by molar-refractivity contribution is 0.00754. The molecular weight excluding hydrogens is 258 g/mol. The number of benzene rings is 1. The van der Waals surface area contributed by atoms with Gasteiger partial charge in [0.15, 0.2) is 5.82 Å². The molecule has 2 rings (SSSR count). The van der Waals surface area contributed by atoms with E-state index in [1.807, 2.05) is 6.07 Å². The highest BCUT2D eigenvalue weighted by Gasteiger charge is 2.28. The van der Waals surface area contributed by atoms with Gasteiger partial charge in [-0.3, -0.25) is 0 Å². The van der Waals surface area contributed by atoms with Crippen molar-refractivity contribution in [1.29, 1.82) is 0 Å². The average molecular weight is 269 g/mol. The first-order chi connectivity index (χ1) is 8.39. The van der Waals surface area contributed by atoms with Crippen LogP contribution >= 0.6 is 11.6 Å². The Labute approximate surface area is 109 Å². The van der Waals surface area contributed by atoms with Gasteiger partial charge in [0.25, 0.3) is 0 Å². The molecule has 5 heteroatoms. The quantitative estimate of drug-likeness (QED) is 0.815. The van der Waals surface area contributed by atoms with Gasteiger partial charge >= 0.3 is 5.92 Å². The van der Waals surface area contributed by atoms with E-state index in [0.717, 1.165) is 12.5 Å². The maximum atomic E-state index is 13.1. The van der Waals surface area contributed by atoms with Crippen molar-refractivity contribution < 1.29 is 8.78 Å². The highest BCUT2D eigenvalue weighted by Crippen LogP contribution is 2.30. The molecule has 0 aliphatic carbocycles. The first-order valence-electron chi connectivity index (χ1n) is 5.36. The number of rotatable bonds is 2. The summed E-state index contributed by atoms with van der Waals surface area (Å²) in [5.41, 5.74) is 1.88. The Kier molecular flexibility index (Phi) is 3.30. The third-order valence-corrected chi connectivity index (χ3v) is 2.87. The second-order valence-electron chi connectivity index (χ2n) is 4.06. The maximum absolute atomic E-state index is 13.1. The standard InChI is InChI=1S/C13H11ClF2N2/c1-8-10(9-5-3-4-6-11(9)14)7-17-12(18-8)13(2,15)16/h3-7H,1-2H3. The van der Waals surface area contributed by atoms with Gasteiger partial charge in [0, 0.05) is 35.0 Å². The molecule has 0 bridgehead atoms. The topological polar surface area (TPSA) is 25.8 Å². The van der Waals surface area contributed by atoms with Gasteiger partial charge in [0.1, 0.15) is 0 Å². The highest BCUT2D eigenvalue weighted by atomic mass is 35.5. The van der Waals surface area contributed by atoms with Gasteiger partial charge in [-0.1, -0.05) is 29.8 Å². The Morgan fingerprint density at radius 2 is 1.83 bits per heavy atom. The Balaban J connectivity index is 2.52. The van der Waals surface area contributed by atoms with Crippen LogP contribution in [0.2, 0.25) is 5.02 Å². The number of hydrogen-bond donors (Lipinski definition) is 0. The lowest BCUT2D eigenvalue weighted by Crippen LogP contribution is -2.13. The molecule has 0 saturated carbocycles. The van der Waals surface area contributed by atoms with Gasteiger partial charge in [-0.25, -0.2) is 9.97 Å². The number of hydrogen-bond acceptors (Lipinski definition) is 2. The van der Waals surface area contributed by atoms with E-state index in [1.165, 1.54) is 6.20 Å². The Bertz CT molecular complexity index is 579. The Morgan fingerprint density at radius 3 is 2.39 bits per heavy atom. The van der Waals surface area contributed by atoms with E-state index in [0.29, 0.717) is 16.3 Å². The molecule has 1 aromatic carbocycles. The van der Waals surface area contributed by atoms with E-state index in [2.05, 4.69) is 9.97 Å². The van der Waals surface area contributed by atoms with Crippen LogP contribution in [0.3, 0.4) is 0 Å². The van der Waals surface area contributed by atoms with Crippen LogP contribution < -0.4 is 0 Å². The van der Waals surface area contributed by atoms with Crippen LogP contribution in [0.1, 0.15) is 18.4 Å². The molecule has 0 saturated heterocycles. The average Bonchev–Trinajstić information content (AvgIpc) is 2.29. The molecule has 1 aromatic heterocycles. The van der Waals surface area contributed by atoms with E-state index in [4.69, 9.17) is 11.6 Å². The van der Waals surface area contributed by atoms with Crippen molar-refractivity contribution in [1.82, 2.24) is 9.97 Å². The highest BCUT2D eigenvalue weighted by molar-refractivity contribution is 6.33. The molecule has 0 atom stereocenters. The van der Waals surface area contributed by atoms with Crippen molar-refractivity contribution in [3.8, 4) is 11.1 Å². The summed E-state index contributed by atoms with van der Waals surface area (Å²) in [6.45, 7) is 2.44. The number of alkyl halides is 2. The molecule has 94 valence electrons. The van der Waals surface area contributed by atoms with Crippen molar-refractivity contribution >= 4 is 11.6 Å². The van der Waals surface area contributed by atoms with Crippen molar-refractivity contribution in [2.24, 2.45) is 0 Å². The summed E-state index contributed by atoms with van der Waals surface area (Å²) in [5, 5.41) is 0.542. The predicted molar refractivity (Wildman–Crippen MR) is 66.8 cm³/mol. The van der Waals surface area contributed by atoms with Crippen molar-refractivity contribution in [3.63, 3.8) is 0 Å². The minimum atomic E-state index is -3.04. The third-order valence-electron chi connectivity index (χ3n) is 2.54. The van der Waals surface area contributed by atoms with Crippen LogP contribution in [0, 0.1) is 6.92 Å². The van der Waals surface area contributed by atoms with E-state index < -0.39 is 11.7 Å². The van der Waals surface area contributed by atoms with E-state index >= 15 is 0 Å². The molecule has 18 heavy (non-hydrogen) atoms. The lowest BCUT2D eigenvalue weighted by atomic mass is 10.1. The number of aryl methyl sites for hydroxylation is 1. The zero-order valence-electron chi connectivity index (χ0n) is 9.92. The minimum absolute atomic E-state index is 0.476. The number of halogens is 3. The molecular formula is C13H11ClF2N2. The van der Waals surface area contributed by atoms with Crippen LogP contribution in [-0.4, -0.2) is 9.97 Å². The van der Waals surface area contributed by atoms with E-state index in [9.17, 15) is 8.78 Å². The molecule has 0 spiro atoms. The smallest absolute Gasteiger partial charge is 0.235 e. The van der Waals surface area contributed by atoms with Crippen LogP contribution in [-0.2, 0) is 5.92 Å². The maximum Gasteiger partial charge on any atom is 0.303 e. The summed E-state index contributed by atoms with van der Waals surface area (Å²) in [5.74, 6) is -3.51. The first kappa shape index (κ1) is 12.9. The Morgan fingerprint density at radius 1 is 1.17 bits per heavy atom. The largest absolute Gasteiger partial charge is 0.303 e. The summed E-state index contributed by atoms with van der Waals surface area (Å²) >= 11 is 6.06. The van der Waals surface area contributed by atoms with Gasteiger partial charge < -0.3 is 0 Å². The molecule has 2 aromatic rings. The van der Waals surface area contributed by atoms with Crippen molar-refractivity contribution in [3.05, 3.63) is 47.0 Å². The summed E-state index contributed by atoms with van der Waals surface area (Å²) in [6.07, 6.45) is 1.39. The monoisotopic (exact) mass is 268 g/mol. The van der Waals surface area contributed by atoms with Gasteiger partial charge in [0.2, 0.25) is 0 Å². The molecule has 0 amide bonds. The SMILES string of the molecule is Cc1nc(C(C)(F)F)ncc1-c1ccccc1Cl. The predicted octanol–water partition coefficient (Wildman–Crippen LogP) is 4.22. The van der Waals surface area contributed by atoms with Crippen molar-refractivity contribution in [2.45, 2.75) is 19.8 Å². The van der Waals surface area contributed by atoms with E-state index in [1.54, 1.807) is 25.1 Å². The van der Waals surface area contributed by atoms with Crippen LogP contribution in [0.25, 0.3) is 11.1 Å². The van der Waals surface area contributed by atoms with E-state index in [-0.39, 0.29) is 0 Å². The first-order valence-corrected chi connectivity index (χ1v) is 5.74. The van der Waals surface area contributed by atoms with Crippen LogP contribution in [0.4, 0.5) is 8.78 Å². The lowest BCUT2D eigenvalue weighted by Gasteiger charge is -2.12. The zero-order valence-corrected chi connectivity index (χ0v) is 10.7.